The fourth-order valence-electron chi connectivity index (χ4n) is 1.11. The summed E-state index contributed by atoms with van der Waals surface area (Å²) in [6, 6.07) is 2.96. The molecule has 0 aliphatic heterocycles. The predicted molar refractivity (Wildman–Crippen MR) is 69.7 cm³/mol. The van der Waals surface area contributed by atoms with Crippen LogP contribution in [-0.2, 0) is 16.3 Å². The van der Waals surface area contributed by atoms with Gasteiger partial charge in [-0.25, -0.2) is 0 Å². The van der Waals surface area contributed by atoms with Crippen molar-refractivity contribution < 1.29 is 14.3 Å². The standard InChI is InChI=1S/C8H8Cl3O3PS/c1-4(14-15(12,13)16)5-2-7(10)8(11)3-6(5)9/h2-4H,1H3,(H2,12,13,16). The molecule has 0 fully saturated rings. The largest absolute Gasteiger partial charge is 0.325 e. The minimum atomic E-state index is -3.74. The van der Waals surface area contributed by atoms with Crippen molar-refractivity contribution in [3.8, 4) is 0 Å². The normalized spacial score (nSPS) is 13.9. The summed E-state index contributed by atoms with van der Waals surface area (Å²) in [5.74, 6) is 0. The molecule has 0 radical (unpaired) electrons. The second kappa shape index (κ2) is 5.51. The Morgan fingerprint density at radius 3 is 2.19 bits per heavy atom. The number of rotatable bonds is 3. The van der Waals surface area contributed by atoms with Crippen molar-refractivity contribution in [2.75, 3.05) is 0 Å². The van der Waals surface area contributed by atoms with Gasteiger partial charge in [0.25, 0.3) is 0 Å². The fraction of sp³-hybridized carbons (Fsp3) is 0.250. The molecule has 0 saturated heterocycles. The molecule has 1 atom stereocenters. The highest BCUT2D eigenvalue weighted by Crippen LogP contribution is 2.44. The third-order valence-electron chi connectivity index (χ3n) is 1.77. The molecule has 0 amide bonds. The first-order valence-electron chi connectivity index (χ1n) is 4.09. The van der Waals surface area contributed by atoms with Gasteiger partial charge in [0.1, 0.15) is 0 Å². The highest BCUT2D eigenvalue weighted by molar-refractivity contribution is 8.06. The smallest absolute Gasteiger partial charge is 0.322 e. The Balaban J connectivity index is 3.04. The molecule has 1 rings (SSSR count). The van der Waals surface area contributed by atoms with E-state index in [-0.39, 0.29) is 0 Å². The zero-order valence-corrected chi connectivity index (χ0v) is 12.0. The van der Waals surface area contributed by atoms with E-state index in [0.29, 0.717) is 20.6 Å². The van der Waals surface area contributed by atoms with Gasteiger partial charge in [-0.2, -0.15) is 0 Å². The maximum atomic E-state index is 9.02. The lowest BCUT2D eigenvalue weighted by atomic mass is 10.1. The van der Waals surface area contributed by atoms with E-state index in [2.05, 4.69) is 11.8 Å². The number of hydrogen-bond acceptors (Lipinski definition) is 2. The van der Waals surface area contributed by atoms with Gasteiger partial charge in [0.15, 0.2) is 0 Å². The van der Waals surface area contributed by atoms with Gasteiger partial charge in [-0.1, -0.05) is 34.8 Å². The van der Waals surface area contributed by atoms with Crippen molar-refractivity contribution in [2.45, 2.75) is 13.0 Å². The van der Waals surface area contributed by atoms with Crippen LogP contribution in [0.2, 0.25) is 15.1 Å². The minimum absolute atomic E-state index is 0.306. The van der Waals surface area contributed by atoms with Gasteiger partial charge in [-0.05, 0) is 30.9 Å². The van der Waals surface area contributed by atoms with Crippen molar-refractivity contribution in [1.29, 1.82) is 0 Å². The topological polar surface area (TPSA) is 49.7 Å². The first-order chi connectivity index (χ1) is 7.20. The third-order valence-corrected chi connectivity index (χ3v) is 3.67. The van der Waals surface area contributed by atoms with Crippen LogP contribution in [-0.4, -0.2) is 9.79 Å². The van der Waals surface area contributed by atoms with Crippen LogP contribution in [0.1, 0.15) is 18.6 Å². The monoisotopic (exact) mass is 320 g/mol. The minimum Gasteiger partial charge on any atom is -0.325 e. The van der Waals surface area contributed by atoms with E-state index >= 15 is 0 Å². The summed E-state index contributed by atoms with van der Waals surface area (Å²) in [5, 5.41) is 0.945. The average molecular weight is 322 g/mol. The van der Waals surface area contributed by atoms with Gasteiger partial charge in [-0.15, -0.1) is 0 Å². The molecule has 0 bridgehead atoms. The molecule has 1 unspecified atom stereocenters. The molecule has 90 valence electrons. The van der Waals surface area contributed by atoms with Crippen molar-refractivity contribution >= 4 is 53.3 Å². The van der Waals surface area contributed by atoms with Crippen LogP contribution in [0.25, 0.3) is 0 Å². The Kier molecular flexibility index (Phi) is 5.05. The van der Waals surface area contributed by atoms with Crippen molar-refractivity contribution in [3.05, 3.63) is 32.8 Å². The fourth-order valence-corrected chi connectivity index (χ4v) is 2.73. The molecule has 8 heteroatoms. The summed E-state index contributed by atoms with van der Waals surface area (Å²) >= 11 is 21.8. The summed E-state index contributed by atoms with van der Waals surface area (Å²) in [7, 11) is 0. The number of hydrogen-bond donors (Lipinski definition) is 2. The van der Waals surface area contributed by atoms with Crippen molar-refractivity contribution in [3.63, 3.8) is 0 Å². The Labute approximate surface area is 113 Å². The van der Waals surface area contributed by atoms with Crippen molar-refractivity contribution in [2.24, 2.45) is 0 Å². The molecular formula is C8H8Cl3O3PS. The van der Waals surface area contributed by atoms with Gasteiger partial charge in [-0.3, -0.25) is 0 Å². The lowest BCUT2D eigenvalue weighted by Crippen LogP contribution is -1.99. The maximum absolute atomic E-state index is 9.02. The lowest BCUT2D eigenvalue weighted by molar-refractivity contribution is 0.186. The first kappa shape index (κ1) is 14.7. The van der Waals surface area contributed by atoms with E-state index in [1.54, 1.807) is 6.92 Å². The Hall–Kier alpha value is 0.620. The van der Waals surface area contributed by atoms with Crippen LogP contribution < -0.4 is 0 Å². The van der Waals surface area contributed by atoms with E-state index in [4.69, 9.17) is 49.1 Å². The first-order valence-corrected chi connectivity index (χ1v) is 7.85. The second-order valence-electron chi connectivity index (χ2n) is 3.03. The van der Waals surface area contributed by atoms with E-state index in [1.807, 2.05) is 0 Å². The summed E-state index contributed by atoms with van der Waals surface area (Å²) in [6.07, 6.45) is -0.678. The van der Waals surface area contributed by atoms with Gasteiger partial charge >= 0.3 is 6.72 Å². The molecule has 0 heterocycles. The van der Waals surface area contributed by atoms with Crippen LogP contribution in [0.15, 0.2) is 12.1 Å². The van der Waals surface area contributed by atoms with E-state index < -0.39 is 12.8 Å². The molecule has 16 heavy (non-hydrogen) atoms. The summed E-state index contributed by atoms with van der Waals surface area (Å²) < 4.78 is 4.85. The lowest BCUT2D eigenvalue weighted by Gasteiger charge is -2.17. The van der Waals surface area contributed by atoms with Gasteiger partial charge in [0, 0.05) is 10.6 Å². The van der Waals surface area contributed by atoms with Crippen molar-refractivity contribution in [1.82, 2.24) is 0 Å². The van der Waals surface area contributed by atoms with E-state index in [1.165, 1.54) is 12.1 Å². The SMILES string of the molecule is CC(OP(O)(O)=S)c1cc(Cl)c(Cl)cc1Cl. The highest BCUT2D eigenvalue weighted by Gasteiger charge is 2.19. The molecule has 0 aliphatic carbocycles. The molecule has 1 aromatic rings. The van der Waals surface area contributed by atoms with Crippen LogP contribution >= 0.6 is 41.5 Å². The van der Waals surface area contributed by atoms with Crippen LogP contribution in [0.3, 0.4) is 0 Å². The average Bonchev–Trinajstić information content (AvgIpc) is 2.08. The van der Waals surface area contributed by atoms with Crippen LogP contribution in [0.5, 0.6) is 0 Å². The quantitative estimate of drug-likeness (QED) is 0.654. The van der Waals surface area contributed by atoms with Gasteiger partial charge in [0.05, 0.1) is 16.1 Å². The number of halogens is 3. The van der Waals surface area contributed by atoms with E-state index in [9.17, 15) is 0 Å². The Morgan fingerprint density at radius 1 is 1.19 bits per heavy atom. The van der Waals surface area contributed by atoms with Crippen LogP contribution in [0.4, 0.5) is 0 Å². The summed E-state index contributed by atoms with van der Waals surface area (Å²) in [4.78, 5) is 18.0. The molecule has 0 spiro atoms. The highest BCUT2D eigenvalue weighted by atomic mass is 35.5. The number of benzene rings is 1. The predicted octanol–water partition coefficient (Wildman–Crippen LogP) is 3.93. The summed E-state index contributed by atoms with van der Waals surface area (Å²) in [5.41, 5.74) is 0.494. The molecule has 2 N–H and O–H groups in total. The molecule has 0 aliphatic rings. The zero-order chi connectivity index (χ0) is 12.5. The van der Waals surface area contributed by atoms with Crippen LogP contribution in [0, 0.1) is 0 Å². The Bertz CT molecular complexity index is 448. The molecule has 0 aromatic heterocycles. The zero-order valence-electron chi connectivity index (χ0n) is 8.02. The molecule has 1 aromatic carbocycles. The third kappa shape index (κ3) is 4.13. The maximum Gasteiger partial charge on any atom is 0.322 e. The van der Waals surface area contributed by atoms with Gasteiger partial charge in [0.2, 0.25) is 0 Å². The second-order valence-corrected chi connectivity index (χ2v) is 6.87. The molecule has 0 saturated carbocycles. The Morgan fingerprint density at radius 2 is 1.69 bits per heavy atom. The molecule has 3 nitrogen and oxygen atoms in total. The van der Waals surface area contributed by atoms with E-state index in [0.717, 1.165) is 0 Å². The van der Waals surface area contributed by atoms with Gasteiger partial charge < -0.3 is 14.3 Å². The summed E-state index contributed by atoms with van der Waals surface area (Å²) in [6.45, 7) is -2.15. The molecular weight excluding hydrogens is 313 g/mol.